The number of ether oxygens (including phenoxy) is 1. The first-order chi connectivity index (χ1) is 15.3. The molecule has 0 radical (unpaired) electrons. The highest BCUT2D eigenvalue weighted by Crippen LogP contribution is 2.38. The fourth-order valence-corrected chi connectivity index (χ4v) is 4.86. The summed E-state index contributed by atoms with van der Waals surface area (Å²) in [6.07, 6.45) is 3.58. The van der Waals surface area contributed by atoms with Gasteiger partial charge in [0.2, 0.25) is 0 Å². The van der Waals surface area contributed by atoms with Gasteiger partial charge in [-0.25, -0.2) is 9.97 Å². The Morgan fingerprint density at radius 2 is 1.87 bits per heavy atom. The van der Waals surface area contributed by atoms with Crippen molar-refractivity contribution < 1.29 is 4.74 Å². The van der Waals surface area contributed by atoms with E-state index in [1.54, 1.807) is 17.5 Å². The van der Waals surface area contributed by atoms with Crippen molar-refractivity contribution in [2.75, 3.05) is 38.2 Å². The summed E-state index contributed by atoms with van der Waals surface area (Å²) in [6, 6.07) is 14.7. The summed E-state index contributed by atoms with van der Waals surface area (Å²) in [4.78, 5) is 17.5. The lowest BCUT2D eigenvalue weighted by Crippen LogP contribution is -2.45. The van der Waals surface area contributed by atoms with Crippen LogP contribution in [0.2, 0.25) is 0 Å². The lowest BCUT2D eigenvalue weighted by molar-refractivity contribution is 0.0227. The van der Waals surface area contributed by atoms with Crippen LogP contribution >= 0.6 is 11.3 Å². The first-order valence-corrected chi connectivity index (χ1v) is 11.5. The first-order valence-electron chi connectivity index (χ1n) is 10.6. The summed E-state index contributed by atoms with van der Waals surface area (Å²) in [5, 5.41) is 6.90. The number of aromatic nitrogens is 3. The molecule has 1 aliphatic rings. The third-order valence-corrected chi connectivity index (χ3v) is 6.54. The Hall–Kier alpha value is -2.87. The molecule has 1 aromatic carbocycles. The van der Waals surface area contributed by atoms with E-state index in [0.29, 0.717) is 11.9 Å². The molecule has 1 fully saturated rings. The average Bonchev–Trinajstić information content (AvgIpc) is 3.28. The monoisotopic (exact) mass is 431 g/mol. The molecule has 0 aliphatic carbocycles. The molecular formula is C24H25N5OS. The zero-order valence-corrected chi connectivity index (χ0v) is 18.3. The molecule has 0 saturated carbocycles. The Morgan fingerprint density at radius 3 is 2.65 bits per heavy atom. The molecule has 3 aromatic heterocycles. The van der Waals surface area contributed by atoms with E-state index in [-0.39, 0.29) is 0 Å². The standard InChI is InChI=1S/C24H25N5OS/c1-17(29-10-12-30-13-11-29)14-26-23-21-20(18-6-3-2-4-7-18)16-31-24(21)28-22(27-23)19-8-5-9-25-15-19/h2-9,15-17H,10-14H2,1H3,(H,26,27,28). The second kappa shape index (κ2) is 9.09. The molecule has 0 amide bonds. The van der Waals surface area contributed by atoms with Gasteiger partial charge in [-0.1, -0.05) is 30.3 Å². The quantitative estimate of drug-likeness (QED) is 0.483. The zero-order valence-electron chi connectivity index (χ0n) is 17.5. The molecule has 1 saturated heterocycles. The van der Waals surface area contributed by atoms with E-state index < -0.39 is 0 Å². The van der Waals surface area contributed by atoms with Gasteiger partial charge in [-0.15, -0.1) is 11.3 Å². The largest absolute Gasteiger partial charge is 0.379 e. The Bertz CT molecular complexity index is 1140. The van der Waals surface area contributed by atoms with Gasteiger partial charge in [0.15, 0.2) is 5.82 Å². The highest BCUT2D eigenvalue weighted by Gasteiger charge is 2.20. The Labute approximate surface area is 185 Å². The summed E-state index contributed by atoms with van der Waals surface area (Å²) < 4.78 is 5.50. The van der Waals surface area contributed by atoms with Gasteiger partial charge in [-0.2, -0.15) is 0 Å². The molecule has 4 aromatic rings. The van der Waals surface area contributed by atoms with Crippen molar-refractivity contribution in [3.63, 3.8) is 0 Å². The van der Waals surface area contributed by atoms with E-state index in [9.17, 15) is 0 Å². The summed E-state index contributed by atoms with van der Waals surface area (Å²) in [6.45, 7) is 6.60. The van der Waals surface area contributed by atoms with Crippen molar-refractivity contribution >= 4 is 27.4 Å². The van der Waals surface area contributed by atoms with E-state index in [2.05, 4.69) is 51.8 Å². The molecule has 6 nitrogen and oxygen atoms in total. The van der Waals surface area contributed by atoms with Gasteiger partial charge in [-0.05, 0) is 24.6 Å². The summed E-state index contributed by atoms with van der Waals surface area (Å²) in [7, 11) is 0. The Morgan fingerprint density at radius 1 is 1.06 bits per heavy atom. The maximum absolute atomic E-state index is 5.50. The molecule has 7 heteroatoms. The van der Waals surface area contributed by atoms with Gasteiger partial charge in [0.05, 0.1) is 18.6 Å². The van der Waals surface area contributed by atoms with Crippen LogP contribution < -0.4 is 5.32 Å². The molecule has 158 valence electrons. The molecule has 4 heterocycles. The van der Waals surface area contributed by atoms with Crippen LogP contribution in [0.4, 0.5) is 5.82 Å². The fraction of sp³-hybridized carbons (Fsp3) is 0.292. The van der Waals surface area contributed by atoms with Crippen LogP contribution in [0.5, 0.6) is 0 Å². The molecule has 0 bridgehead atoms. The number of hydrogen-bond donors (Lipinski definition) is 1. The van der Waals surface area contributed by atoms with Crippen molar-refractivity contribution in [2.45, 2.75) is 13.0 Å². The topological polar surface area (TPSA) is 63.2 Å². The number of thiophene rings is 1. The highest BCUT2D eigenvalue weighted by atomic mass is 32.1. The van der Waals surface area contributed by atoms with Gasteiger partial charge >= 0.3 is 0 Å². The van der Waals surface area contributed by atoms with Crippen LogP contribution in [0, 0.1) is 0 Å². The zero-order chi connectivity index (χ0) is 21.0. The smallest absolute Gasteiger partial charge is 0.164 e. The van der Waals surface area contributed by atoms with Crippen LogP contribution in [0.3, 0.4) is 0 Å². The van der Waals surface area contributed by atoms with Gasteiger partial charge in [0, 0.05) is 54.6 Å². The van der Waals surface area contributed by atoms with E-state index in [0.717, 1.165) is 54.4 Å². The maximum Gasteiger partial charge on any atom is 0.164 e. The second-order valence-electron chi connectivity index (χ2n) is 7.71. The molecule has 0 spiro atoms. The third kappa shape index (κ3) is 4.30. The number of nitrogens with one attached hydrogen (secondary N) is 1. The van der Waals surface area contributed by atoms with Gasteiger partial charge in [0.1, 0.15) is 10.6 Å². The van der Waals surface area contributed by atoms with Crippen molar-refractivity contribution in [1.82, 2.24) is 19.9 Å². The Balaban J connectivity index is 1.53. The summed E-state index contributed by atoms with van der Waals surface area (Å²) >= 11 is 1.66. The third-order valence-electron chi connectivity index (χ3n) is 5.67. The maximum atomic E-state index is 5.50. The van der Waals surface area contributed by atoms with Gasteiger partial charge in [0.25, 0.3) is 0 Å². The fourth-order valence-electron chi connectivity index (χ4n) is 3.92. The number of nitrogens with zero attached hydrogens (tertiary/aromatic N) is 4. The van der Waals surface area contributed by atoms with Crippen molar-refractivity contribution in [3.05, 3.63) is 60.2 Å². The number of fused-ring (bicyclic) bond motifs is 1. The number of anilines is 1. The van der Waals surface area contributed by atoms with Crippen LogP contribution in [0.15, 0.2) is 60.2 Å². The number of pyridine rings is 1. The number of morpholine rings is 1. The number of benzene rings is 1. The lowest BCUT2D eigenvalue weighted by Gasteiger charge is -2.32. The van der Waals surface area contributed by atoms with Crippen molar-refractivity contribution in [1.29, 1.82) is 0 Å². The van der Waals surface area contributed by atoms with Gasteiger partial charge < -0.3 is 10.1 Å². The van der Waals surface area contributed by atoms with Crippen molar-refractivity contribution in [3.8, 4) is 22.5 Å². The van der Waals surface area contributed by atoms with E-state index in [4.69, 9.17) is 14.7 Å². The minimum atomic E-state index is 0.384. The van der Waals surface area contributed by atoms with Crippen molar-refractivity contribution in [2.24, 2.45) is 0 Å². The van der Waals surface area contributed by atoms with Crippen LogP contribution in [-0.2, 0) is 4.74 Å². The van der Waals surface area contributed by atoms with Gasteiger partial charge in [-0.3, -0.25) is 9.88 Å². The summed E-state index contributed by atoms with van der Waals surface area (Å²) in [5.74, 6) is 1.58. The SMILES string of the molecule is CC(CNc1nc(-c2cccnc2)nc2scc(-c3ccccc3)c12)N1CCOCC1. The molecule has 1 N–H and O–H groups in total. The van der Waals surface area contributed by atoms with E-state index >= 15 is 0 Å². The number of rotatable bonds is 6. The first kappa shape index (κ1) is 20.1. The predicted molar refractivity (Wildman–Crippen MR) is 126 cm³/mol. The predicted octanol–water partition coefficient (Wildman–Crippen LogP) is 4.55. The lowest BCUT2D eigenvalue weighted by atomic mass is 10.1. The molecule has 1 aliphatic heterocycles. The normalized spacial score (nSPS) is 15.8. The Kier molecular flexibility index (Phi) is 5.88. The molecular weight excluding hydrogens is 406 g/mol. The van der Waals surface area contributed by atoms with Crippen LogP contribution in [0.1, 0.15) is 6.92 Å². The molecule has 31 heavy (non-hydrogen) atoms. The summed E-state index contributed by atoms with van der Waals surface area (Å²) in [5.41, 5.74) is 3.26. The van der Waals surface area contributed by atoms with Crippen LogP contribution in [0.25, 0.3) is 32.7 Å². The van der Waals surface area contributed by atoms with Crippen LogP contribution in [-0.4, -0.2) is 58.7 Å². The molecule has 1 unspecified atom stereocenters. The minimum absolute atomic E-state index is 0.384. The minimum Gasteiger partial charge on any atom is -0.379 e. The highest BCUT2D eigenvalue weighted by molar-refractivity contribution is 7.17. The molecule has 5 rings (SSSR count). The van der Waals surface area contributed by atoms with E-state index in [1.165, 1.54) is 11.1 Å². The second-order valence-corrected chi connectivity index (χ2v) is 8.57. The average molecular weight is 432 g/mol. The number of hydrogen-bond acceptors (Lipinski definition) is 7. The van der Waals surface area contributed by atoms with E-state index in [1.807, 2.05) is 24.4 Å². The molecule has 1 atom stereocenters.